The molecular weight excluding hydrogens is 314 g/mol. The number of carbonyl (C=O) groups is 2. The van der Waals surface area contributed by atoms with Crippen LogP contribution in [0.25, 0.3) is 0 Å². The summed E-state index contributed by atoms with van der Waals surface area (Å²) < 4.78 is 0. The summed E-state index contributed by atoms with van der Waals surface area (Å²) >= 11 is 0. The van der Waals surface area contributed by atoms with E-state index >= 15 is 0 Å². The van der Waals surface area contributed by atoms with E-state index in [2.05, 4.69) is 10.6 Å². The van der Waals surface area contributed by atoms with Crippen LogP contribution in [0.3, 0.4) is 0 Å². The number of hydrogen-bond acceptors (Lipinski definition) is 3. The van der Waals surface area contributed by atoms with Crippen molar-refractivity contribution in [1.82, 2.24) is 15.5 Å². The van der Waals surface area contributed by atoms with Gasteiger partial charge in [-0.05, 0) is 32.0 Å². The Morgan fingerprint density at radius 1 is 1.22 bits per heavy atom. The lowest BCUT2D eigenvalue weighted by molar-refractivity contribution is -0.135. The molecule has 1 aliphatic heterocycles. The molecule has 2 amide bonds. The summed E-state index contributed by atoms with van der Waals surface area (Å²) in [7, 11) is 1.86. The summed E-state index contributed by atoms with van der Waals surface area (Å²) in [4.78, 5) is 26.3. The van der Waals surface area contributed by atoms with Gasteiger partial charge in [0.25, 0.3) is 5.91 Å². The molecule has 1 unspecified atom stereocenters. The molecule has 0 radical (unpaired) electrons. The number of rotatable bonds is 5. The number of nitrogens with zero attached hydrogens (tertiary/aromatic N) is 1. The van der Waals surface area contributed by atoms with Crippen molar-refractivity contribution < 1.29 is 9.59 Å². The normalized spacial score (nSPS) is 16.3. The Bertz CT molecular complexity index is 502. The number of benzene rings is 1. The van der Waals surface area contributed by atoms with Crippen LogP contribution in [0.5, 0.6) is 0 Å². The van der Waals surface area contributed by atoms with Crippen LogP contribution in [0, 0.1) is 5.92 Å². The summed E-state index contributed by atoms with van der Waals surface area (Å²) in [6, 6.07) is 9.39. The van der Waals surface area contributed by atoms with E-state index < -0.39 is 0 Å². The highest BCUT2D eigenvalue weighted by Crippen LogP contribution is 2.14. The molecule has 1 fully saturated rings. The van der Waals surface area contributed by atoms with E-state index in [1.807, 2.05) is 49.2 Å². The third kappa shape index (κ3) is 5.52. The fourth-order valence-corrected chi connectivity index (χ4v) is 2.81. The highest BCUT2D eigenvalue weighted by Gasteiger charge is 2.26. The maximum absolute atomic E-state index is 12.2. The van der Waals surface area contributed by atoms with Crippen LogP contribution in [0.2, 0.25) is 0 Å². The molecule has 1 aromatic rings. The van der Waals surface area contributed by atoms with Crippen molar-refractivity contribution in [3.8, 4) is 0 Å². The van der Waals surface area contributed by atoms with Crippen molar-refractivity contribution in [2.24, 2.45) is 5.92 Å². The van der Waals surface area contributed by atoms with Crippen molar-refractivity contribution in [2.45, 2.75) is 25.8 Å². The van der Waals surface area contributed by atoms with E-state index in [0.717, 1.165) is 12.8 Å². The van der Waals surface area contributed by atoms with Gasteiger partial charge in [0.05, 0.1) is 0 Å². The first-order chi connectivity index (χ1) is 10.6. The van der Waals surface area contributed by atoms with Crippen LogP contribution < -0.4 is 10.6 Å². The second-order valence-electron chi connectivity index (χ2n) is 5.90. The minimum atomic E-state index is -0.0334. The summed E-state index contributed by atoms with van der Waals surface area (Å²) in [6.45, 7) is 4.07. The largest absolute Gasteiger partial charge is 0.349 e. The molecular formula is C17H26ClN3O2. The highest BCUT2D eigenvalue weighted by molar-refractivity contribution is 5.94. The number of halogens is 1. The molecule has 0 bridgehead atoms. The van der Waals surface area contributed by atoms with Gasteiger partial charge in [0, 0.05) is 37.2 Å². The molecule has 0 saturated carbocycles. The first-order valence-corrected chi connectivity index (χ1v) is 7.91. The molecule has 1 atom stereocenters. The summed E-state index contributed by atoms with van der Waals surface area (Å²) in [5.41, 5.74) is 0.684. The maximum atomic E-state index is 12.2. The average Bonchev–Trinajstić information content (AvgIpc) is 2.56. The third-order valence-electron chi connectivity index (χ3n) is 4.11. The molecule has 1 aliphatic rings. The Morgan fingerprint density at radius 2 is 1.83 bits per heavy atom. The van der Waals surface area contributed by atoms with Gasteiger partial charge in [-0.15, -0.1) is 12.4 Å². The number of likely N-dealkylation sites (tertiary alicyclic amines) is 1. The van der Waals surface area contributed by atoms with Crippen molar-refractivity contribution >= 4 is 24.2 Å². The molecule has 0 spiro atoms. The molecule has 128 valence electrons. The molecule has 1 heterocycles. The van der Waals surface area contributed by atoms with Crippen molar-refractivity contribution in [3.63, 3.8) is 0 Å². The number of hydrogen-bond donors (Lipinski definition) is 2. The molecule has 2 N–H and O–H groups in total. The Hall–Kier alpha value is -1.59. The molecule has 1 saturated heterocycles. The van der Waals surface area contributed by atoms with Crippen LogP contribution in [-0.2, 0) is 4.79 Å². The van der Waals surface area contributed by atoms with Gasteiger partial charge < -0.3 is 15.5 Å². The van der Waals surface area contributed by atoms with Crippen molar-refractivity contribution in [2.75, 3.05) is 26.7 Å². The molecule has 2 rings (SSSR count). The fraction of sp³-hybridized carbons (Fsp3) is 0.529. The predicted molar refractivity (Wildman–Crippen MR) is 93.8 cm³/mol. The van der Waals surface area contributed by atoms with Crippen LogP contribution >= 0.6 is 12.4 Å². The standard InChI is InChI=1S/C17H25N3O2.ClH/c1-13(12-18-2)17(22)20-10-8-15(9-11-20)19-16(21)14-6-4-3-5-7-14;/h3-7,13,15,18H,8-12H2,1-2H3,(H,19,21);1H. The number of nitrogens with one attached hydrogen (secondary N) is 2. The zero-order chi connectivity index (χ0) is 15.9. The minimum Gasteiger partial charge on any atom is -0.349 e. The number of piperidine rings is 1. The van der Waals surface area contributed by atoms with E-state index in [4.69, 9.17) is 0 Å². The molecule has 5 nitrogen and oxygen atoms in total. The topological polar surface area (TPSA) is 61.4 Å². The lowest BCUT2D eigenvalue weighted by Gasteiger charge is -2.34. The smallest absolute Gasteiger partial charge is 0.251 e. The quantitative estimate of drug-likeness (QED) is 0.858. The monoisotopic (exact) mass is 339 g/mol. The van der Waals surface area contributed by atoms with Gasteiger partial charge in [0.1, 0.15) is 0 Å². The Kier molecular flexibility index (Phi) is 8.06. The maximum Gasteiger partial charge on any atom is 0.251 e. The molecule has 0 aliphatic carbocycles. The average molecular weight is 340 g/mol. The molecule has 23 heavy (non-hydrogen) atoms. The minimum absolute atomic E-state index is 0. The van der Waals surface area contributed by atoms with E-state index in [0.29, 0.717) is 25.2 Å². The van der Waals surface area contributed by atoms with Crippen LogP contribution in [-0.4, -0.2) is 49.4 Å². The fourth-order valence-electron chi connectivity index (χ4n) is 2.81. The van der Waals surface area contributed by atoms with E-state index in [9.17, 15) is 9.59 Å². The first kappa shape index (κ1) is 19.5. The van der Waals surface area contributed by atoms with Gasteiger partial charge >= 0.3 is 0 Å². The van der Waals surface area contributed by atoms with Crippen molar-refractivity contribution in [3.05, 3.63) is 35.9 Å². The van der Waals surface area contributed by atoms with E-state index in [1.54, 1.807) is 0 Å². The molecule has 6 heteroatoms. The van der Waals surface area contributed by atoms with Gasteiger partial charge in [0.15, 0.2) is 0 Å². The summed E-state index contributed by atoms with van der Waals surface area (Å²) in [5, 5.41) is 6.10. The highest BCUT2D eigenvalue weighted by atomic mass is 35.5. The van der Waals surface area contributed by atoms with Gasteiger partial charge in [-0.1, -0.05) is 25.1 Å². The second-order valence-corrected chi connectivity index (χ2v) is 5.90. The predicted octanol–water partition coefficient (Wildman–Crippen LogP) is 1.68. The lowest BCUT2D eigenvalue weighted by atomic mass is 10.0. The van der Waals surface area contributed by atoms with Crippen LogP contribution in [0.1, 0.15) is 30.1 Å². The SMILES string of the molecule is CNCC(C)C(=O)N1CCC(NC(=O)c2ccccc2)CC1.Cl. The van der Waals surface area contributed by atoms with Gasteiger partial charge in [-0.3, -0.25) is 9.59 Å². The number of carbonyl (C=O) groups excluding carboxylic acids is 2. The van der Waals surface area contributed by atoms with Crippen LogP contribution in [0.15, 0.2) is 30.3 Å². The Labute approximate surface area is 144 Å². The van der Waals surface area contributed by atoms with Crippen molar-refractivity contribution in [1.29, 1.82) is 0 Å². The van der Waals surface area contributed by atoms with E-state index in [1.165, 1.54) is 0 Å². The third-order valence-corrected chi connectivity index (χ3v) is 4.11. The molecule has 0 aromatic heterocycles. The van der Waals surface area contributed by atoms with Gasteiger partial charge in [0.2, 0.25) is 5.91 Å². The molecule has 1 aromatic carbocycles. The zero-order valence-electron chi connectivity index (χ0n) is 13.7. The Morgan fingerprint density at radius 3 is 2.39 bits per heavy atom. The summed E-state index contributed by atoms with van der Waals surface area (Å²) in [6.07, 6.45) is 1.63. The van der Waals surface area contributed by atoms with Gasteiger partial charge in [-0.25, -0.2) is 0 Å². The lowest BCUT2D eigenvalue weighted by Crippen LogP contribution is -2.48. The zero-order valence-corrected chi connectivity index (χ0v) is 14.6. The summed E-state index contributed by atoms with van der Waals surface area (Å²) in [5.74, 6) is 0.163. The van der Waals surface area contributed by atoms with Crippen LogP contribution in [0.4, 0.5) is 0 Å². The second kappa shape index (κ2) is 9.53. The van der Waals surface area contributed by atoms with E-state index in [-0.39, 0.29) is 36.2 Å². The Balaban J connectivity index is 0.00000264. The first-order valence-electron chi connectivity index (χ1n) is 7.91. The van der Waals surface area contributed by atoms with Gasteiger partial charge in [-0.2, -0.15) is 0 Å². The number of amides is 2.